The van der Waals surface area contributed by atoms with Gasteiger partial charge in [0.25, 0.3) is 0 Å². The molecular formula is C39H37BrCl2N6O5S4. The van der Waals surface area contributed by atoms with Crippen LogP contribution >= 0.6 is 61.8 Å². The fourth-order valence-corrected chi connectivity index (χ4v) is 11.9. The summed E-state index contributed by atoms with van der Waals surface area (Å²) in [5, 5.41) is 6.68. The second kappa shape index (κ2) is 18.1. The Labute approximate surface area is 359 Å². The second-order valence-corrected chi connectivity index (χ2v) is 20.3. The number of piperazine rings is 2. The van der Waals surface area contributed by atoms with Crippen LogP contribution in [0.1, 0.15) is 0 Å². The highest BCUT2D eigenvalue weighted by molar-refractivity contribution is 9.10. The third-order valence-electron chi connectivity index (χ3n) is 9.36. The van der Waals surface area contributed by atoms with Crippen molar-refractivity contribution < 1.29 is 21.6 Å². The molecule has 0 unspecified atom stereocenters. The lowest BCUT2D eigenvalue weighted by atomic mass is 10.2. The van der Waals surface area contributed by atoms with E-state index in [1.807, 2.05) is 59.3 Å². The Morgan fingerprint density at radius 2 is 1.04 bits per heavy atom. The maximum absolute atomic E-state index is 12.9. The minimum Gasteiger partial charge on any atom is -0.497 e. The maximum atomic E-state index is 12.9. The third kappa shape index (κ3) is 9.83. The van der Waals surface area contributed by atoms with E-state index in [0.29, 0.717) is 62.4 Å². The van der Waals surface area contributed by atoms with Gasteiger partial charge < -0.3 is 14.5 Å². The van der Waals surface area contributed by atoms with E-state index in [0.717, 1.165) is 43.0 Å². The number of thiazole rings is 2. The third-order valence-corrected chi connectivity index (χ3v) is 15.9. The number of aromatic nitrogens is 2. The molecule has 2 aliphatic heterocycles. The highest BCUT2D eigenvalue weighted by Crippen LogP contribution is 2.32. The predicted octanol–water partition coefficient (Wildman–Crippen LogP) is 8.72. The molecule has 0 aliphatic carbocycles. The standard InChI is InChI=1S/C20H20ClN3O3S2.C19H17BrClN3O2S2/c1-27-17-6-2-4-15(12-17)19-14-28-20(22-19)23-8-10-24(11-9-23)29(25,26)18-7-3-5-16(21)13-18;20-15-4-1-3-14(11-15)18-13-27-19(22-18)23-7-9-24(10-8-23)28(25,26)17-6-2-5-16(21)12-17/h2-7,12-14H,8-11H2,1H3;1-6,11-13H,7-10H2. The fraction of sp³-hybridized carbons (Fsp3) is 0.231. The summed E-state index contributed by atoms with van der Waals surface area (Å²) in [6.07, 6.45) is 0. The van der Waals surface area contributed by atoms with Crippen LogP contribution in [-0.2, 0) is 20.0 Å². The molecule has 0 atom stereocenters. The van der Waals surface area contributed by atoms with E-state index in [-0.39, 0.29) is 9.79 Å². The van der Waals surface area contributed by atoms with Gasteiger partial charge in [-0.1, -0.05) is 75.5 Å². The van der Waals surface area contributed by atoms with Gasteiger partial charge in [-0.3, -0.25) is 0 Å². The van der Waals surface area contributed by atoms with Crippen LogP contribution in [0.5, 0.6) is 5.75 Å². The Hall–Kier alpha value is -3.58. The Bertz CT molecular complexity index is 2560. The molecule has 0 bridgehead atoms. The monoisotopic (exact) mass is 946 g/mol. The molecule has 2 aliphatic rings. The van der Waals surface area contributed by atoms with Crippen molar-refractivity contribution in [2.24, 2.45) is 0 Å². The fourth-order valence-electron chi connectivity index (χ4n) is 6.31. The first-order valence-electron chi connectivity index (χ1n) is 17.7. The molecule has 4 aromatic carbocycles. The zero-order valence-corrected chi connectivity index (χ0v) is 36.9. The second-order valence-electron chi connectivity index (χ2n) is 13.0. The van der Waals surface area contributed by atoms with Gasteiger partial charge >= 0.3 is 0 Å². The summed E-state index contributed by atoms with van der Waals surface area (Å²) in [4.78, 5) is 14.2. The summed E-state index contributed by atoms with van der Waals surface area (Å²) >= 11 is 18.5. The quantitative estimate of drug-likeness (QED) is 0.140. The molecule has 0 N–H and O–H groups in total. The van der Waals surface area contributed by atoms with Crippen LogP contribution in [0, 0.1) is 0 Å². The minimum absolute atomic E-state index is 0.230. The van der Waals surface area contributed by atoms with E-state index < -0.39 is 20.0 Å². The number of methoxy groups -OCH3 is 1. The van der Waals surface area contributed by atoms with Crippen molar-refractivity contribution in [2.45, 2.75) is 9.79 Å². The van der Waals surface area contributed by atoms with Gasteiger partial charge in [-0.2, -0.15) is 8.61 Å². The molecule has 0 radical (unpaired) electrons. The van der Waals surface area contributed by atoms with Crippen molar-refractivity contribution in [3.05, 3.63) is 122 Å². The number of nitrogens with zero attached hydrogens (tertiary/aromatic N) is 6. The van der Waals surface area contributed by atoms with Crippen LogP contribution in [-0.4, -0.2) is 94.9 Å². The van der Waals surface area contributed by atoms with E-state index in [1.54, 1.807) is 66.2 Å². The lowest BCUT2D eigenvalue weighted by Gasteiger charge is -2.33. The number of ether oxygens (including phenoxy) is 1. The van der Waals surface area contributed by atoms with Gasteiger partial charge in [0, 0.05) is 88.8 Å². The van der Waals surface area contributed by atoms with Crippen LogP contribution in [0.3, 0.4) is 0 Å². The van der Waals surface area contributed by atoms with Crippen molar-refractivity contribution >= 4 is 92.1 Å². The first kappa shape index (κ1) is 41.6. The zero-order valence-electron chi connectivity index (χ0n) is 30.5. The van der Waals surface area contributed by atoms with Crippen LogP contribution in [0.15, 0.2) is 122 Å². The molecular weight excluding hydrogens is 912 g/mol. The molecule has 18 heteroatoms. The molecule has 4 heterocycles. The molecule has 2 aromatic heterocycles. The molecule has 8 rings (SSSR count). The van der Waals surface area contributed by atoms with Crippen LogP contribution < -0.4 is 14.5 Å². The van der Waals surface area contributed by atoms with E-state index in [9.17, 15) is 16.8 Å². The normalized spacial score (nSPS) is 15.6. The van der Waals surface area contributed by atoms with Crippen molar-refractivity contribution in [2.75, 3.05) is 69.3 Å². The molecule has 11 nitrogen and oxygen atoms in total. The number of anilines is 2. The summed E-state index contributed by atoms with van der Waals surface area (Å²) in [6.45, 7) is 4.03. The Kier molecular flexibility index (Phi) is 13.2. The summed E-state index contributed by atoms with van der Waals surface area (Å²) < 4.78 is 60.7. The van der Waals surface area contributed by atoms with Gasteiger partial charge in [0.1, 0.15) is 5.75 Å². The molecule has 6 aromatic rings. The topological polar surface area (TPSA) is 116 Å². The lowest BCUT2D eigenvalue weighted by Crippen LogP contribution is -2.48. The molecule has 0 spiro atoms. The summed E-state index contributed by atoms with van der Waals surface area (Å²) in [6, 6.07) is 28.6. The summed E-state index contributed by atoms with van der Waals surface area (Å²) in [5.74, 6) is 0.789. The van der Waals surface area contributed by atoms with E-state index in [4.69, 9.17) is 37.9 Å². The van der Waals surface area contributed by atoms with E-state index >= 15 is 0 Å². The lowest BCUT2D eigenvalue weighted by molar-refractivity contribution is 0.384. The van der Waals surface area contributed by atoms with Gasteiger partial charge in [0.05, 0.1) is 28.3 Å². The minimum atomic E-state index is -3.54. The van der Waals surface area contributed by atoms with Gasteiger partial charge in [-0.25, -0.2) is 26.8 Å². The average Bonchev–Trinajstić information content (AvgIpc) is 3.93. The van der Waals surface area contributed by atoms with Crippen molar-refractivity contribution in [1.29, 1.82) is 0 Å². The van der Waals surface area contributed by atoms with Crippen LogP contribution in [0.25, 0.3) is 22.5 Å². The Morgan fingerprint density at radius 3 is 1.47 bits per heavy atom. The number of hydrogen-bond donors (Lipinski definition) is 0. The Morgan fingerprint density at radius 1 is 0.596 bits per heavy atom. The van der Waals surface area contributed by atoms with Gasteiger partial charge in [0.15, 0.2) is 10.3 Å². The summed E-state index contributed by atoms with van der Waals surface area (Å²) in [5.41, 5.74) is 3.86. The number of benzene rings is 4. The summed E-state index contributed by atoms with van der Waals surface area (Å²) in [7, 11) is -5.44. The van der Waals surface area contributed by atoms with Crippen LogP contribution in [0.4, 0.5) is 10.3 Å². The predicted molar refractivity (Wildman–Crippen MR) is 234 cm³/mol. The van der Waals surface area contributed by atoms with Crippen molar-refractivity contribution in [3.8, 4) is 28.3 Å². The SMILES string of the molecule is COc1cccc(-c2csc(N3CCN(S(=O)(=O)c4cccc(Cl)c4)CC3)n2)c1.O=S(=O)(c1cccc(Cl)c1)N1CCN(c2nc(-c3cccc(Br)c3)cs2)CC1. The number of hydrogen-bond acceptors (Lipinski definition) is 11. The van der Waals surface area contributed by atoms with Gasteiger partial charge in [0.2, 0.25) is 20.0 Å². The molecule has 0 saturated carbocycles. The van der Waals surface area contributed by atoms with Gasteiger partial charge in [-0.05, 0) is 60.7 Å². The first-order chi connectivity index (χ1) is 27.4. The molecule has 2 fully saturated rings. The smallest absolute Gasteiger partial charge is 0.243 e. The molecule has 2 saturated heterocycles. The molecule has 298 valence electrons. The largest absolute Gasteiger partial charge is 0.497 e. The average molecular weight is 949 g/mol. The Balaban J connectivity index is 0.000000174. The molecule has 57 heavy (non-hydrogen) atoms. The maximum Gasteiger partial charge on any atom is 0.243 e. The highest BCUT2D eigenvalue weighted by atomic mass is 79.9. The van der Waals surface area contributed by atoms with E-state index in [2.05, 4.69) is 25.7 Å². The van der Waals surface area contributed by atoms with E-state index in [1.165, 1.54) is 20.7 Å². The number of sulfonamides is 2. The zero-order chi connectivity index (χ0) is 40.2. The molecule has 0 amide bonds. The first-order valence-corrected chi connectivity index (χ1v) is 23.9. The van der Waals surface area contributed by atoms with Crippen molar-refractivity contribution in [1.82, 2.24) is 18.6 Å². The van der Waals surface area contributed by atoms with Crippen LogP contribution in [0.2, 0.25) is 10.0 Å². The number of halogens is 3. The highest BCUT2D eigenvalue weighted by Gasteiger charge is 2.31. The van der Waals surface area contributed by atoms with Gasteiger partial charge in [-0.15, -0.1) is 22.7 Å². The van der Waals surface area contributed by atoms with Crippen molar-refractivity contribution in [3.63, 3.8) is 0 Å². The number of rotatable bonds is 9.